The molecule has 1 aliphatic rings. The van der Waals surface area contributed by atoms with Crippen LogP contribution in [0.5, 0.6) is 0 Å². The van der Waals surface area contributed by atoms with Gasteiger partial charge in [-0.2, -0.15) is 10.2 Å². The van der Waals surface area contributed by atoms with E-state index in [2.05, 4.69) is 48.0 Å². The Morgan fingerprint density at radius 1 is 1.12 bits per heavy atom. The van der Waals surface area contributed by atoms with Crippen LogP contribution in [0, 0.1) is 5.92 Å². The summed E-state index contributed by atoms with van der Waals surface area (Å²) in [5, 5.41) is 9.08. The summed E-state index contributed by atoms with van der Waals surface area (Å²) in [4.78, 5) is 7.08. The molecule has 0 unspecified atom stereocenters. The largest absolute Gasteiger partial charge is 0.355 e. The van der Waals surface area contributed by atoms with Gasteiger partial charge in [0.2, 0.25) is 0 Å². The fourth-order valence-electron chi connectivity index (χ4n) is 3.52. The minimum absolute atomic E-state index is 0.0417. The van der Waals surface area contributed by atoms with Crippen LogP contribution in [0.3, 0.4) is 0 Å². The van der Waals surface area contributed by atoms with Gasteiger partial charge in [-0.25, -0.2) is 9.50 Å². The topological polar surface area (TPSA) is 51.2 Å². The average Bonchev–Trinajstić information content (AvgIpc) is 3.24. The van der Waals surface area contributed by atoms with Gasteiger partial charge in [-0.15, -0.1) is 0 Å². The molecule has 1 saturated heterocycles. The molecule has 6 heteroatoms. The molecule has 0 aliphatic carbocycles. The SMILES string of the molecule is CC(C)(C)c1cc2c(N3CCC(Cn4cccn4)CC3)nccn2n1. The van der Waals surface area contributed by atoms with Gasteiger partial charge >= 0.3 is 0 Å². The van der Waals surface area contributed by atoms with Crippen molar-refractivity contribution < 1.29 is 0 Å². The predicted molar refractivity (Wildman–Crippen MR) is 98.9 cm³/mol. The lowest BCUT2D eigenvalue weighted by molar-refractivity contribution is 0.342. The number of nitrogens with zero attached hydrogens (tertiary/aromatic N) is 6. The summed E-state index contributed by atoms with van der Waals surface area (Å²) in [7, 11) is 0. The molecule has 0 radical (unpaired) electrons. The summed E-state index contributed by atoms with van der Waals surface area (Å²) >= 11 is 0. The number of aromatic nitrogens is 5. The van der Waals surface area contributed by atoms with Gasteiger partial charge in [0.25, 0.3) is 0 Å². The van der Waals surface area contributed by atoms with Crippen LogP contribution >= 0.6 is 0 Å². The molecule has 3 aromatic heterocycles. The molecule has 0 saturated carbocycles. The quantitative estimate of drug-likeness (QED) is 0.736. The monoisotopic (exact) mass is 338 g/mol. The molecular weight excluding hydrogens is 312 g/mol. The van der Waals surface area contributed by atoms with Crippen LogP contribution in [0.15, 0.2) is 36.9 Å². The maximum atomic E-state index is 4.74. The Balaban J connectivity index is 1.52. The van der Waals surface area contributed by atoms with Gasteiger partial charge in [0, 0.05) is 49.8 Å². The highest BCUT2D eigenvalue weighted by atomic mass is 15.3. The molecule has 0 aromatic carbocycles. The van der Waals surface area contributed by atoms with E-state index in [1.807, 2.05) is 33.9 Å². The number of piperidine rings is 1. The molecule has 1 aliphatic heterocycles. The second-order valence-electron chi connectivity index (χ2n) is 8.02. The van der Waals surface area contributed by atoms with Crippen molar-refractivity contribution >= 4 is 11.3 Å². The maximum Gasteiger partial charge on any atom is 0.154 e. The van der Waals surface area contributed by atoms with Crippen molar-refractivity contribution in [2.75, 3.05) is 18.0 Å². The number of hydrogen-bond acceptors (Lipinski definition) is 4. The highest BCUT2D eigenvalue weighted by Crippen LogP contribution is 2.29. The zero-order chi connectivity index (χ0) is 17.4. The fourth-order valence-corrected chi connectivity index (χ4v) is 3.52. The number of rotatable bonds is 3. The molecule has 0 spiro atoms. The van der Waals surface area contributed by atoms with Crippen molar-refractivity contribution in [1.82, 2.24) is 24.4 Å². The average molecular weight is 338 g/mol. The molecule has 3 aromatic rings. The van der Waals surface area contributed by atoms with Crippen molar-refractivity contribution in [3.8, 4) is 0 Å². The van der Waals surface area contributed by atoms with Gasteiger partial charge in [-0.1, -0.05) is 20.8 Å². The lowest BCUT2D eigenvalue weighted by Crippen LogP contribution is -2.35. The lowest BCUT2D eigenvalue weighted by Gasteiger charge is -2.32. The van der Waals surface area contributed by atoms with Gasteiger partial charge in [-0.05, 0) is 30.9 Å². The van der Waals surface area contributed by atoms with Crippen LogP contribution < -0.4 is 4.90 Å². The van der Waals surface area contributed by atoms with Crippen LogP contribution in [0.2, 0.25) is 0 Å². The van der Waals surface area contributed by atoms with Crippen LogP contribution in [-0.2, 0) is 12.0 Å². The Hall–Kier alpha value is -2.37. The Morgan fingerprint density at radius 2 is 1.92 bits per heavy atom. The number of anilines is 1. The smallest absolute Gasteiger partial charge is 0.154 e. The van der Waals surface area contributed by atoms with E-state index in [9.17, 15) is 0 Å². The zero-order valence-corrected chi connectivity index (χ0v) is 15.3. The normalized spacial score (nSPS) is 16.7. The van der Waals surface area contributed by atoms with Gasteiger partial charge in [0.05, 0.1) is 5.69 Å². The van der Waals surface area contributed by atoms with E-state index in [0.29, 0.717) is 5.92 Å². The van der Waals surface area contributed by atoms with Gasteiger partial charge in [-0.3, -0.25) is 4.68 Å². The Morgan fingerprint density at radius 3 is 2.60 bits per heavy atom. The van der Waals surface area contributed by atoms with Crippen molar-refractivity contribution in [2.24, 2.45) is 5.92 Å². The first kappa shape index (κ1) is 16.1. The van der Waals surface area contributed by atoms with E-state index < -0.39 is 0 Å². The van der Waals surface area contributed by atoms with Crippen molar-refractivity contribution in [3.63, 3.8) is 0 Å². The van der Waals surface area contributed by atoms with E-state index in [1.54, 1.807) is 0 Å². The molecule has 4 rings (SSSR count). The van der Waals surface area contributed by atoms with Crippen molar-refractivity contribution in [1.29, 1.82) is 0 Å². The van der Waals surface area contributed by atoms with Crippen molar-refractivity contribution in [2.45, 2.75) is 45.6 Å². The first-order chi connectivity index (χ1) is 12.0. The van der Waals surface area contributed by atoms with Crippen LogP contribution in [0.25, 0.3) is 5.52 Å². The molecule has 0 atom stereocenters. The van der Waals surface area contributed by atoms with Gasteiger partial charge < -0.3 is 4.90 Å². The summed E-state index contributed by atoms with van der Waals surface area (Å²) in [6.07, 6.45) is 10.0. The fraction of sp³-hybridized carbons (Fsp3) is 0.526. The summed E-state index contributed by atoms with van der Waals surface area (Å²) < 4.78 is 4.02. The third-order valence-corrected chi connectivity index (χ3v) is 5.06. The van der Waals surface area contributed by atoms with Gasteiger partial charge in [0.15, 0.2) is 5.82 Å². The number of fused-ring (bicyclic) bond motifs is 1. The third-order valence-electron chi connectivity index (χ3n) is 5.06. The second kappa shape index (κ2) is 6.17. The number of hydrogen-bond donors (Lipinski definition) is 0. The summed E-state index contributed by atoms with van der Waals surface area (Å²) in [5.74, 6) is 1.74. The summed E-state index contributed by atoms with van der Waals surface area (Å²) in [6.45, 7) is 9.68. The molecule has 6 nitrogen and oxygen atoms in total. The standard InChI is InChI=1S/C19H26N6/c1-19(2,3)17-13-16-18(20-8-12-25(16)22-17)23-10-5-15(6-11-23)14-24-9-4-7-21-24/h4,7-9,12-13,15H,5-6,10-11,14H2,1-3H3. The summed E-state index contributed by atoms with van der Waals surface area (Å²) in [5.41, 5.74) is 2.26. The first-order valence-corrected chi connectivity index (χ1v) is 9.08. The zero-order valence-electron chi connectivity index (χ0n) is 15.3. The molecule has 132 valence electrons. The Bertz CT molecular complexity index is 835. The second-order valence-corrected chi connectivity index (χ2v) is 8.02. The van der Waals surface area contributed by atoms with E-state index in [0.717, 1.165) is 36.7 Å². The summed E-state index contributed by atoms with van der Waals surface area (Å²) in [6, 6.07) is 4.18. The van der Waals surface area contributed by atoms with Crippen molar-refractivity contribution in [3.05, 3.63) is 42.6 Å². The minimum atomic E-state index is 0.0417. The van der Waals surface area contributed by atoms with E-state index in [1.165, 1.54) is 12.8 Å². The van der Waals surface area contributed by atoms with E-state index in [4.69, 9.17) is 5.10 Å². The minimum Gasteiger partial charge on any atom is -0.355 e. The third kappa shape index (κ3) is 3.25. The molecule has 0 bridgehead atoms. The first-order valence-electron chi connectivity index (χ1n) is 9.08. The molecule has 1 fully saturated rings. The highest BCUT2D eigenvalue weighted by molar-refractivity contribution is 5.69. The van der Waals surface area contributed by atoms with E-state index in [-0.39, 0.29) is 5.41 Å². The molecule has 25 heavy (non-hydrogen) atoms. The molecular formula is C19H26N6. The van der Waals surface area contributed by atoms with Crippen LogP contribution in [0.4, 0.5) is 5.82 Å². The maximum absolute atomic E-state index is 4.74. The highest BCUT2D eigenvalue weighted by Gasteiger charge is 2.24. The van der Waals surface area contributed by atoms with Crippen LogP contribution in [-0.4, -0.2) is 37.5 Å². The van der Waals surface area contributed by atoms with Gasteiger partial charge in [0.1, 0.15) is 5.52 Å². The predicted octanol–water partition coefficient (Wildman–Crippen LogP) is 3.14. The molecule has 4 heterocycles. The lowest BCUT2D eigenvalue weighted by atomic mass is 9.92. The molecule has 0 N–H and O–H groups in total. The Kier molecular flexibility index (Phi) is 3.98. The van der Waals surface area contributed by atoms with E-state index >= 15 is 0 Å². The molecule has 0 amide bonds. The van der Waals surface area contributed by atoms with Crippen LogP contribution in [0.1, 0.15) is 39.3 Å². The Labute approximate surface area is 148 Å².